The fourth-order valence-corrected chi connectivity index (χ4v) is 6.97. The van der Waals surface area contributed by atoms with Crippen molar-refractivity contribution in [2.24, 2.45) is 0 Å². The van der Waals surface area contributed by atoms with Crippen molar-refractivity contribution in [3.63, 3.8) is 0 Å². The van der Waals surface area contributed by atoms with Crippen LogP contribution in [0.1, 0.15) is 18.4 Å². The molecule has 0 N–H and O–H groups in total. The molecule has 2 aliphatic rings. The molecule has 4 nitrogen and oxygen atoms in total. The Labute approximate surface area is 255 Å². The van der Waals surface area contributed by atoms with Crippen LogP contribution in [-0.2, 0) is 6.42 Å². The number of nitrogens with zero attached hydrogens (tertiary/aromatic N) is 4. The second-order valence-corrected chi connectivity index (χ2v) is 11.5. The Morgan fingerprint density at radius 3 is 2.00 bits per heavy atom. The summed E-state index contributed by atoms with van der Waals surface area (Å²) in [6.45, 7) is 0. The second kappa shape index (κ2) is 9.99. The van der Waals surface area contributed by atoms with Crippen molar-refractivity contribution >= 4 is 33.5 Å². The van der Waals surface area contributed by atoms with Crippen LogP contribution in [0, 0.1) is 0 Å². The van der Waals surface area contributed by atoms with Crippen molar-refractivity contribution in [2.75, 3.05) is 0 Å². The van der Waals surface area contributed by atoms with E-state index < -0.39 is 0 Å². The summed E-state index contributed by atoms with van der Waals surface area (Å²) in [6.07, 6.45) is 10.3. The van der Waals surface area contributed by atoms with Gasteiger partial charge < -0.3 is 4.57 Å². The zero-order chi connectivity index (χ0) is 29.0. The molecule has 0 fully saturated rings. The maximum atomic E-state index is 5.00. The highest BCUT2D eigenvalue weighted by atomic mass is 15.0. The number of para-hydroxylation sites is 1. The molecule has 44 heavy (non-hydrogen) atoms. The van der Waals surface area contributed by atoms with Crippen molar-refractivity contribution < 1.29 is 0 Å². The van der Waals surface area contributed by atoms with Crippen molar-refractivity contribution in [1.29, 1.82) is 0 Å². The van der Waals surface area contributed by atoms with Gasteiger partial charge in [-0.15, -0.1) is 0 Å². The number of fused-ring (bicyclic) bond motifs is 4. The monoisotopic (exact) mass is 564 g/mol. The molecule has 0 amide bonds. The van der Waals surface area contributed by atoms with Gasteiger partial charge in [0.05, 0.1) is 11.0 Å². The summed E-state index contributed by atoms with van der Waals surface area (Å²) in [7, 11) is 0. The number of hydrogen-bond donors (Lipinski definition) is 0. The Bertz CT molecular complexity index is 2340. The molecular weight excluding hydrogens is 536 g/mol. The number of rotatable bonds is 4. The SMILES string of the molecule is C1=CC2=c3c(c4c5ccccc5n(-c5cccc(-c6nc(-c7ccccc7)nc(-c7ccccc7)n6)c5)c4cc3=CCC2)C1. The first-order chi connectivity index (χ1) is 21.8. The maximum absolute atomic E-state index is 5.00. The molecular formula is C40H28N4. The predicted molar refractivity (Wildman–Crippen MR) is 180 cm³/mol. The maximum Gasteiger partial charge on any atom is 0.164 e. The van der Waals surface area contributed by atoms with E-state index in [-0.39, 0.29) is 0 Å². The topological polar surface area (TPSA) is 43.6 Å². The fourth-order valence-electron chi connectivity index (χ4n) is 6.97. The molecule has 0 saturated carbocycles. The molecule has 4 heteroatoms. The summed E-state index contributed by atoms with van der Waals surface area (Å²) in [5.74, 6) is 1.99. The van der Waals surface area contributed by atoms with E-state index in [1.54, 1.807) is 0 Å². The van der Waals surface area contributed by atoms with Crippen molar-refractivity contribution in [1.82, 2.24) is 19.5 Å². The molecule has 0 bridgehead atoms. The van der Waals surface area contributed by atoms with Crippen LogP contribution in [0.2, 0.25) is 0 Å². The predicted octanol–water partition coefficient (Wildman–Crippen LogP) is 7.81. The van der Waals surface area contributed by atoms with Crippen molar-refractivity contribution in [2.45, 2.75) is 19.3 Å². The first-order valence-electron chi connectivity index (χ1n) is 15.2. The molecule has 2 aliphatic carbocycles. The Balaban J connectivity index is 1.29. The summed E-state index contributed by atoms with van der Waals surface area (Å²) >= 11 is 0. The second-order valence-electron chi connectivity index (χ2n) is 11.5. The first kappa shape index (κ1) is 24.9. The lowest BCUT2D eigenvalue weighted by Gasteiger charge is -2.17. The van der Waals surface area contributed by atoms with Gasteiger partial charge in [-0.1, -0.05) is 109 Å². The highest BCUT2D eigenvalue weighted by Gasteiger charge is 2.20. The number of benzene rings is 5. The molecule has 9 rings (SSSR count). The largest absolute Gasteiger partial charge is 0.309 e. The van der Waals surface area contributed by atoms with Gasteiger partial charge in [-0.05, 0) is 65.1 Å². The van der Waals surface area contributed by atoms with Crippen molar-refractivity contribution in [3.8, 4) is 39.9 Å². The molecule has 0 saturated heterocycles. The minimum atomic E-state index is 0.658. The Morgan fingerprint density at radius 1 is 0.591 bits per heavy atom. The van der Waals surface area contributed by atoms with E-state index in [2.05, 4.69) is 77.4 Å². The summed E-state index contributed by atoms with van der Waals surface area (Å²) < 4.78 is 2.42. The average molecular weight is 565 g/mol. The summed E-state index contributed by atoms with van der Waals surface area (Å²) in [6, 6.07) is 40.1. The molecule has 0 unspecified atom stereocenters. The van der Waals surface area contributed by atoms with Gasteiger partial charge in [-0.2, -0.15) is 0 Å². The third-order valence-electron chi connectivity index (χ3n) is 8.90. The quantitative estimate of drug-likeness (QED) is 0.219. The highest BCUT2D eigenvalue weighted by molar-refractivity contribution is 6.11. The summed E-state index contributed by atoms with van der Waals surface area (Å²) in [5.41, 5.74) is 9.36. The first-order valence-corrected chi connectivity index (χ1v) is 15.2. The Kier molecular flexibility index (Phi) is 5.66. The lowest BCUT2D eigenvalue weighted by Crippen LogP contribution is -2.34. The molecule has 5 aromatic carbocycles. The standard InChI is InChI=1S/C40H28N4/c1-3-12-27(13-4-1)38-41-39(28-14-5-2-6-15-28)43-40(42-38)30-19-10-20-31(24-30)44-34-23-8-7-21-32(34)37-33-22-11-17-26-16-9-18-29(36(26)33)25-35(37)44/h1-8,10-15,17-21,23-25H,9,16,22H2. The van der Waals surface area contributed by atoms with Gasteiger partial charge in [0.25, 0.3) is 0 Å². The zero-order valence-electron chi connectivity index (χ0n) is 24.1. The van der Waals surface area contributed by atoms with Crippen LogP contribution >= 0.6 is 0 Å². The lowest BCUT2D eigenvalue weighted by atomic mass is 9.88. The molecule has 7 aromatic rings. The third-order valence-corrected chi connectivity index (χ3v) is 8.90. The van der Waals surface area contributed by atoms with Crippen LogP contribution in [0.15, 0.2) is 127 Å². The molecule has 208 valence electrons. The van der Waals surface area contributed by atoms with Gasteiger partial charge >= 0.3 is 0 Å². The van der Waals surface area contributed by atoms with E-state index >= 15 is 0 Å². The molecule has 2 aromatic heterocycles. The van der Waals surface area contributed by atoms with E-state index in [4.69, 9.17) is 15.0 Å². The fraction of sp³-hybridized carbons (Fsp3) is 0.0750. The van der Waals surface area contributed by atoms with E-state index in [0.717, 1.165) is 41.6 Å². The minimum Gasteiger partial charge on any atom is -0.309 e. The zero-order valence-corrected chi connectivity index (χ0v) is 24.1. The summed E-state index contributed by atoms with van der Waals surface area (Å²) in [5, 5.41) is 5.47. The smallest absolute Gasteiger partial charge is 0.164 e. The highest BCUT2D eigenvalue weighted by Crippen LogP contribution is 2.35. The third kappa shape index (κ3) is 3.95. The normalized spacial score (nSPS) is 13.7. The lowest BCUT2D eigenvalue weighted by molar-refractivity contribution is 1.06. The van der Waals surface area contributed by atoms with Crippen LogP contribution in [0.4, 0.5) is 0 Å². The summed E-state index contributed by atoms with van der Waals surface area (Å²) in [4.78, 5) is 14.9. The average Bonchev–Trinajstić information content (AvgIpc) is 3.43. The van der Waals surface area contributed by atoms with Gasteiger partial charge in [0, 0.05) is 33.2 Å². The van der Waals surface area contributed by atoms with Crippen LogP contribution < -0.4 is 10.4 Å². The molecule has 0 radical (unpaired) electrons. The minimum absolute atomic E-state index is 0.658. The number of aromatic nitrogens is 4. The van der Waals surface area contributed by atoms with Gasteiger partial charge in [0.2, 0.25) is 0 Å². The van der Waals surface area contributed by atoms with Gasteiger partial charge in [0.1, 0.15) is 0 Å². The van der Waals surface area contributed by atoms with E-state index in [1.165, 1.54) is 43.4 Å². The van der Waals surface area contributed by atoms with Gasteiger partial charge in [-0.25, -0.2) is 15.0 Å². The van der Waals surface area contributed by atoms with Gasteiger partial charge in [-0.3, -0.25) is 0 Å². The molecule has 2 heterocycles. The Morgan fingerprint density at radius 2 is 1.25 bits per heavy atom. The van der Waals surface area contributed by atoms with Crippen LogP contribution in [0.3, 0.4) is 0 Å². The van der Waals surface area contributed by atoms with Crippen LogP contribution in [-0.4, -0.2) is 19.5 Å². The van der Waals surface area contributed by atoms with E-state index in [1.807, 2.05) is 60.7 Å². The molecule has 0 aliphatic heterocycles. The van der Waals surface area contributed by atoms with Crippen LogP contribution in [0.5, 0.6) is 0 Å². The molecule has 0 spiro atoms. The van der Waals surface area contributed by atoms with Gasteiger partial charge in [0.15, 0.2) is 17.5 Å². The van der Waals surface area contributed by atoms with Crippen molar-refractivity contribution in [3.05, 3.63) is 143 Å². The van der Waals surface area contributed by atoms with E-state index in [9.17, 15) is 0 Å². The molecule has 0 atom stereocenters. The Hall–Kier alpha value is -5.61. The number of allylic oxidation sites excluding steroid dienone is 2. The van der Waals surface area contributed by atoms with Crippen LogP contribution in [0.25, 0.3) is 73.3 Å². The number of hydrogen-bond acceptors (Lipinski definition) is 3. The van der Waals surface area contributed by atoms with E-state index in [0.29, 0.717) is 17.5 Å².